The number of nitrogens with zero attached hydrogens (tertiary/aromatic N) is 1. The molecule has 3 saturated carbocycles. The van der Waals surface area contributed by atoms with Crippen LogP contribution >= 0.6 is 0 Å². The van der Waals surface area contributed by atoms with E-state index in [1.54, 1.807) is 0 Å². The van der Waals surface area contributed by atoms with Crippen LogP contribution in [0.1, 0.15) is 134 Å². The summed E-state index contributed by atoms with van der Waals surface area (Å²) in [5.41, 5.74) is 8.46. The first-order valence-corrected chi connectivity index (χ1v) is 22.3. The number of aryl methyl sites for hydroxylation is 3. The van der Waals surface area contributed by atoms with Gasteiger partial charge in [-0.1, -0.05) is 70.9 Å². The molecule has 0 spiro atoms. The van der Waals surface area contributed by atoms with Gasteiger partial charge in [0.25, 0.3) is 0 Å². The third-order valence-electron chi connectivity index (χ3n) is 17.9. The van der Waals surface area contributed by atoms with E-state index in [9.17, 15) is 20.1 Å². The Morgan fingerprint density at radius 2 is 1.66 bits per heavy atom. The van der Waals surface area contributed by atoms with E-state index < -0.39 is 39.5 Å². The molecule has 6 aliphatic rings. The van der Waals surface area contributed by atoms with Gasteiger partial charge in [0.15, 0.2) is 5.78 Å². The van der Waals surface area contributed by atoms with Crippen LogP contribution < -0.4 is 0 Å². The minimum atomic E-state index is -0.769. The van der Waals surface area contributed by atoms with Crippen LogP contribution in [0.4, 0.5) is 0 Å². The smallest absolute Gasteiger partial charge is 0.160 e. The van der Waals surface area contributed by atoms with Crippen molar-refractivity contribution >= 4 is 22.6 Å². The first-order chi connectivity index (χ1) is 27.1. The second kappa shape index (κ2) is 13.0. The van der Waals surface area contributed by atoms with E-state index in [1.165, 1.54) is 22.3 Å². The van der Waals surface area contributed by atoms with E-state index in [4.69, 9.17) is 4.74 Å². The number of H-pyrrole nitrogens is 1. The summed E-state index contributed by atoms with van der Waals surface area (Å²) in [6.45, 7) is 22.3. The lowest BCUT2D eigenvalue weighted by molar-refractivity contribution is -0.220. The molecule has 2 aromatic heterocycles. The standard InChI is InChI=1S/C50H68N2O6/c1-27-19-28(2)21-29(20-27)22-31-33(14-18-53)52-26-32-38-39(47(7,23-35(55)44-46(5,6)58-44)15-11-30-25-51-40(31)41(30)52)34(54)24-50(38,10)49(9)17-12-36-45(3,4)37(56)13-16-48(36,8)43(49)42(32)57/h19-21,25,32,35-36,42-44,51,53,55,57H,11-18,22-24,26H2,1-10H3. The Balaban J connectivity index is 1.28. The molecule has 4 N–H and O–H groups in total. The summed E-state index contributed by atoms with van der Waals surface area (Å²) in [5.74, 6) is 0.0985. The number of hydrogen-bond donors (Lipinski definition) is 4. The number of hydrogen-bond acceptors (Lipinski definition) is 6. The molecule has 0 amide bonds. The van der Waals surface area contributed by atoms with Gasteiger partial charge in [-0.2, -0.15) is 0 Å². The molecule has 1 saturated heterocycles. The number of aromatic nitrogens is 2. The molecular weight excluding hydrogens is 725 g/mol. The Morgan fingerprint density at radius 3 is 2.31 bits per heavy atom. The third kappa shape index (κ3) is 5.52. The average molecular weight is 793 g/mol. The fraction of sp³-hybridized carbons (Fsp3) is 0.680. The summed E-state index contributed by atoms with van der Waals surface area (Å²) < 4.78 is 8.44. The SMILES string of the molecule is Cc1cc(C)cc(Cc2c(CCO)n3c4c(c[nH]c24)CCC(C)(CC(O)C2OC2(C)C)C2=C4C(C3)C(O)C3C5(C)CCC(=O)C(C)(C)C5CCC3(C)C4(C)CC2=O)c1. The molecule has 0 bridgehead atoms. The Morgan fingerprint density at radius 1 is 0.966 bits per heavy atom. The zero-order valence-corrected chi connectivity index (χ0v) is 36.8. The van der Waals surface area contributed by atoms with Gasteiger partial charge in [0.2, 0.25) is 0 Å². The summed E-state index contributed by atoms with van der Waals surface area (Å²) in [6, 6.07) is 6.72. The normalized spacial score (nSPS) is 38.1. The number of aliphatic hydroxyl groups is 3. The molecule has 4 fully saturated rings. The molecule has 8 nitrogen and oxygen atoms in total. The van der Waals surface area contributed by atoms with Gasteiger partial charge in [-0.15, -0.1) is 0 Å². The number of benzene rings is 1. The lowest BCUT2D eigenvalue weighted by Crippen LogP contribution is -2.67. The van der Waals surface area contributed by atoms with Gasteiger partial charge in [0, 0.05) is 78.6 Å². The van der Waals surface area contributed by atoms with Crippen molar-refractivity contribution in [3.05, 3.63) is 69.1 Å². The van der Waals surface area contributed by atoms with E-state index in [0.717, 1.165) is 52.7 Å². The second-order valence-electron chi connectivity index (χ2n) is 22.1. The van der Waals surface area contributed by atoms with Crippen LogP contribution in [-0.4, -0.2) is 67.0 Å². The third-order valence-corrected chi connectivity index (χ3v) is 17.9. The van der Waals surface area contributed by atoms with Crippen molar-refractivity contribution in [1.29, 1.82) is 0 Å². The molecule has 10 atom stereocenters. The summed E-state index contributed by atoms with van der Waals surface area (Å²) in [4.78, 5) is 32.5. The predicted molar refractivity (Wildman–Crippen MR) is 227 cm³/mol. The number of ether oxygens (including phenoxy) is 1. The molecule has 2 aliphatic heterocycles. The highest BCUT2D eigenvalue weighted by atomic mass is 16.6. The number of ketones is 2. The van der Waals surface area contributed by atoms with E-state index in [1.807, 2.05) is 13.8 Å². The number of nitrogens with one attached hydrogen (secondary N) is 1. The lowest BCUT2D eigenvalue weighted by Gasteiger charge is -2.70. The van der Waals surface area contributed by atoms with E-state index >= 15 is 4.79 Å². The zero-order chi connectivity index (χ0) is 41.7. The average Bonchev–Trinajstić information content (AvgIpc) is 3.35. The molecule has 0 radical (unpaired) electrons. The minimum absolute atomic E-state index is 0.00173. The van der Waals surface area contributed by atoms with Gasteiger partial charge in [0.1, 0.15) is 11.9 Å². The van der Waals surface area contributed by atoms with Crippen molar-refractivity contribution in [2.24, 2.45) is 44.8 Å². The van der Waals surface area contributed by atoms with Crippen LogP contribution in [0.25, 0.3) is 11.0 Å². The van der Waals surface area contributed by atoms with E-state index in [0.29, 0.717) is 57.3 Å². The number of epoxide rings is 1. The van der Waals surface area contributed by atoms with Crippen LogP contribution in [0.2, 0.25) is 0 Å². The molecule has 4 aliphatic carbocycles. The number of rotatable bonds is 7. The molecule has 314 valence electrons. The quantitative estimate of drug-likeness (QED) is 0.179. The number of carbonyl (C=O) groups is 2. The first kappa shape index (κ1) is 40.4. The Labute approximate surface area is 345 Å². The number of fused-ring (bicyclic) bond motifs is 4. The van der Waals surface area contributed by atoms with Crippen molar-refractivity contribution in [3.8, 4) is 0 Å². The van der Waals surface area contributed by atoms with Crippen LogP contribution in [0.15, 0.2) is 35.5 Å². The highest BCUT2D eigenvalue weighted by molar-refractivity contribution is 6.02. The zero-order valence-electron chi connectivity index (χ0n) is 36.8. The molecule has 10 unspecified atom stereocenters. The van der Waals surface area contributed by atoms with Gasteiger partial charge >= 0.3 is 0 Å². The molecule has 3 aromatic rings. The van der Waals surface area contributed by atoms with Crippen molar-refractivity contribution in [1.82, 2.24) is 9.55 Å². The van der Waals surface area contributed by atoms with E-state index in [-0.39, 0.29) is 41.7 Å². The molecule has 58 heavy (non-hydrogen) atoms. The Kier molecular flexibility index (Phi) is 9.04. The van der Waals surface area contributed by atoms with Crippen molar-refractivity contribution in [2.45, 2.75) is 164 Å². The molecule has 4 heterocycles. The molecular formula is C50H68N2O6. The fourth-order valence-electron chi connectivity index (χ4n) is 15.1. The van der Waals surface area contributed by atoms with Gasteiger partial charge in [-0.05, 0) is 111 Å². The largest absolute Gasteiger partial charge is 0.396 e. The summed E-state index contributed by atoms with van der Waals surface area (Å²) in [6.07, 6.45) is 6.69. The molecule has 8 heteroatoms. The second-order valence-corrected chi connectivity index (χ2v) is 22.1. The maximum atomic E-state index is 15.2. The van der Waals surface area contributed by atoms with Crippen molar-refractivity contribution < 1.29 is 29.6 Å². The maximum absolute atomic E-state index is 15.2. The van der Waals surface area contributed by atoms with Crippen LogP contribution in [0.5, 0.6) is 0 Å². The number of aromatic amines is 1. The monoisotopic (exact) mass is 793 g/mol. The fourth-order valence-corrected chi connectivity index (χ4v) is 15.1. The summed E-state index contributed by atoms with van der Waals surface area (Å²) in [7, 11) is 0. The van der Waals surface area contributed by atoms with Crippen LogP contribution in [-0.2, 0) is 40.1 Å². The van der Waals surface area contributed by atoms with Gasteiger partial charge in [-0.25, -0.2) is 0 Å². The van der Waals surface area contributed by atoms with Crippen LogP contribution in [0.3, 0.4) is 0 Å². The van der Waals surface area contributed by atoms with Gasteiger partial charge in [-0.3, -0.25) is 9.59 Å². The summed E-state index contributed by atoms with van der Waals surface area (Å²) >= 11 is 0. The Hall–Kier alpha value is -3.04. The van der Waals surface area contributed by atoms with Gasteiger partial charge in [0.05, 0.1) is 28.8 Å². The van der Waals surface area contributed by atoms with Gasteiger partial charge < -0.3 is 29.6 Å². The predicted octanol–water partition coefficient (Wildman–Crippen LogP) is 8.29. The minimum Gasteiger partial charge on any atom is -0.396 e. The maximum Gasteiger partial charge on any atom is 0.160 e. The summed E-state index contributed by atoms with van der Waals surface area (Å²) in [5, 5.41) is 36.2. The topological polar surface area (TPSA) is 128 Å². The lowest BCUT2D eigenvalue weighted by atomic mass is 9.34. The molecule has 9 rings (SSSR count). The van der Waals surface area contributed by atoms with Crippen molar-refractivity contribution in [3.63, 3.8) is 0 Å². The van der Waals surface area contributed by atoms with E-state index in [2.05, 4.69) is 89.3 Å². The van der Waals surface area contributed by atoms with Crippen molar-refractivity contribution in [2.75, 3.05) is 6.61 Å². The highest BCUT2D eigenvalue weighted by Crippen LogP contribution is 2.75. The highest BCUT2D eigenvalue weighted by Gasteiger charge is 2.72. The number of aliphatic hydroxyl groups excluding tert-OH is 3. The van der Waals surface area contributed by atoms with Crippen LogP contribution in [0, 0.1) is 58.7 Å². The number of carbonyl (C=O) groups excluding carboxylic acids is 2. The first-order valence-electron chi connectivity index (χ1n) is 22.3. The molecule has 1 aromatic carbocycles. The number of allylic oxidation sites excluding steroid dienone is 1. The number of Topliss-reactive ketones (excluding diaryl/α,β-unsaturated/α-hetero) is 2. The Bertz CT molecular complexity index is 2240.